The van der Waals surface area contributed by atoms with Crippen molar-refractivity contribution in [1.29, 1.82) is 5.26 Å². The second-order valence-corrected chi connectivity index (χ2v) is 3.60. The second kappa shape index (κ2) is 5.88. The Bertz CT molecular complexity index is 464. The number of halogens is 1. The van der Waals surface area contributed by atoms with Gasteiger partial charge in [0.05, 0.1) is 5.69 Å². The minimum absolute atomic E-state index is 0.224. The van der Waals surface area contributed by atoms with Gasteiger partial charge in [0.15, 0.2) is 0 Å². The van der Waals surface area contributed by atoms with Crippen molar-refractivity contribution in [3.63, 3.8) is 0 Å². The highest BCUT2D eigenvalue weighted by Crippen LogP contribution is 2.20. The van der Waals surface area contributed by atoms with E-state index in [0.717, 1.165) is 4.47 Å². The van der Waals surface area contributed by atoms with E-state index < -0.39 is 5.91 Å². The lowest BCUT2D eigenvalue weighted by Crippen LogP contribution is -2.27. The Morgan fingerprint density at radius 2 is 2.19 bits per heavy atom. The zero-order chi connectivity index (χ0) is 12.0. The predicted molar refractivity (Wildman–Crippen MR) is 64.9 cm³/mol. The molecule has 2 N–H and O–H groups in total. The zero-order valence-corrected chi connectivity index (χ0v) is 10.1. The van der Waals surface area contributed by atoms with Crippen LogP contribution in [0.3, 0.4) is 0 Å². The van der Waals surface area contributed by atoms with Crippen molar-refractivity contribution < 1.29 is 4.79 Å². The first-order chi connectivity index (χ1) is 7.69. The highest BCUT2D eigenvalue weighted by Gasteiger charge is 2.08. The summed E-state index contributed by atoms with van der Waals surface area (Å²) in [6.07, 6.45) is 0. The fourth-order valence-electron chi connectivity index (χ4n) is 0.913. The van der Waals surface area contributed by atoms with Gasteiger partial charge in [-0.2, -0.15) is 10.4 Å². The number of carbonyl (C=O) groups is 1. The number of benzene rings is 1. The van der Waals surface area contributed by atoms with Gasteiger partial charge in [0.1, 0.15) is 6.07 Å². The van der Waals surface area contributed by atoms with Gasteiger partial charge in [-0.05, 0) is 28.1 Å². The van der Waals surface area contributed by atoms with Gasteiger partial charge in [0.25, 0.3) is 5.91 Å². The lowest BCUT2D eigenvalue weighted by atomic mass is 10.3. The van der Waals surface area contributed by atoms with Crippen LogP contribution >= 0.6 is 15.9 Å². The van der Waals surface area contributed by atoms with E-state index in [1.54, 1.807) is 12.1 Å². The summed E-state index contributed by atoms with van der Waals surface area (Å²) < 4.78 is 0.799. The Morgan fingerprint density at radius 3 is 2.75 bits per heavy atom. The van der Waals surface area contributed by atoms with Crippen LogP contribution in [0.1, 0.15) is 0 Å². The van der Waals surface area contributed by atoms with E-state index in [0.29, 0.717) is 5.69 Å². The van der Waals surface area contributed by atoms with Crippen LogP contribution in [0.25, 0.3) is 0 Å². The molecule has 0 fully saturated rings. The molecule has 82 valence electrons. The topological polar surface area (TPSA) is 77.3 Å². The SMILES string of the molecule is CNC(=O)C(C#N)=NNc1ccccc1Br. The smallest absolute Gasteiger partial charge is 0.282 e. The fraction of sp³-hybridized carbons (Fsp3) is 0.100. The molecule has 0 atom stereocenters. The molecule has 0 heterocycles. The number of rotatable bonds is 3. The molecular formula is C10H9BrN4O. The molecule has 0 aliphatic rings. The first-order valence-corrected chi connectivity index (χ1v) is 5.18. The van der Waals surface area contributed by atoms with Crippen LogP contribution in [0.5, 0.6) is 0 Å². The molecule has 0 unspecified atom stereocenters. The number of nitrogens with one attached hydrogen (secondary N) is 2. The van der Waals surface area contributed by atoms with Gasteiger partial charge in [-0.3, -0.25) is 10.2 Å². The van der Waals surface area contributed by atoms with Crippen molar-refractivity contribution in [3.05, 3.63) is 28.7 Å². The molecule has 0 aliphatic heterocycles. The fourth-order valence-corrected chi connectivity index (χ4v) is 1.29. The summed E-state index contributed by atoms with van der Waals surface area (Å²) >= 11 is 3.31. The molecule has 1 aromatic rings. The van der Waals surface area contributed by atoms with E-state index in [1.165, 1.54) is 7.05 Å². The number of nitrogens with zero attached hydrogens (tertiary/aromatic N) is 2. The van der Waals surface area contributed by atoms with Gasteiger partial charge in [-0.15, -0.1) is 0 Å². The normalized spacial score (nSPS) is 10.4. The summed E-state index contributed by atoms with van der Waals surface area (Å²) in [6.45, 7) is 0. The molecule has 0 aromatic heterocycles. The largest absolute Gasteiger partial charge is 0.353 e. The molecule has 1 aromatic carbocycles. The predicted octanol–water partition coefficient (Wildman–Crippen LogP) is 1.49. The van der Waals surface area contributed by atoms with Crippen LogP contribution in [0.4, 0.5) is 5.69 Å². The number of hydrogen-bond donors (Lipinski definition) is 2. The molecule has 0 aliphatic carbocycles. The molecule has 0 radical (unpaired) electrons. The summed E-state index contributed by atoms with van der Waals surface area (Å²) in [5.74, 6) is -0.526. The number of carbonyl (C=O) groups excluding carboxylic acids is 1. The highest BCUT2D eigenvalue weighted by atomic mass is 79.9. The summed E-state index contributed by atoms with van der Waals surface area (Å²) in [7, 11) is 1.44. The van der Waals surface area contributed by atoms with Crippen LogP contribution in [0, 0.1) is 11.3 Å². The lowest BCUT2D eigenvalue weighted by Gasteiger charge is -2.03. The lowest BCUT2D eigenvalue weighted by molar-refractivity contribution is -0.114. The Labute approximate surface area is 101 Å². The van der Waals surface area contributed by atoms with Crippen molar-refractivity contribution >= 4 is 33.2 Å². The van der Waals surface area contributed by atoms with E-state index in [4.69, 9.17) is 5.26 Å². The third-order valence-corrected chi connectivity index (χ3v) is 2.40. The van der Waals surface area contributed by atoms with Gasteiger partial charge in [-0.1, -0.05) is 12.1 Å². The maximum atomic E-state index is 11.1. The average molecular weight is 281 g/mol. The Morgan fingerprint density at radius 1 is 1.50 bits per heavy atom. The van der Waals surface area contributed by atoms with Gasteiger partial charge in [0, 0.05) is 11.5 Å². The third-order valence-electron chi connectivity index (χ3n) is 1.71. The van der Waals surface area contributed by atoms with E-state index in [-0.39, 0.29) is 5.71 Å². The van der Waals surface area contributed by atoms with Crippen molar-refractivity contribution in [2.75, 3.05) is 12.5 Å². The summed E-state index contributed by atoms with van der Waals surface area (Å²) in [4.78, 5) is 11.1. The number of nitriles is 1. The van der Waals surface area contributed by atoms with Crippen LogP contribution in [-0.4, -0.2) is 18.7 Å². The Hall–Kier alpha value is -1.87. The Kier molecular flexibility index (Phi) is 4.48. The number of hydrogen-bond acceptors (Lipinski definition) is 4. The van der Waals surface area contributed by atoms with E-state index in [1.807, 2.05) is 18.2 Å². The number of anilines is 1. The third kappa shape index (κ3) is 3.07. The van der Waals surface area contributed by atoms with Crippen molar-refractivity contribution in [2.24, 2.45) is 5.10 Å². The number of para-hydroxylation sites is 1. The summed E-state index contributed by atoms with van der Waals surface area (Å²) in [5, 5.41) is 14.7. The van der Waals surface area contributed by atoms with Gasteiger partial charge in [0.2, 0.25) is 5.71 Å². The molecule has 0 saturated carbocycles. The van der Waals surface area contributed by atoms with Crippen LogP contribution in [0.2, 0.25) is 0 Å². The molecule has 1 amide bonds. The van der Waals surface area contributed by atoms with E-state index >= 15 is 0 Å². The minimum atomic E-state index is -0.526. The molecule has 16 heavy (non-hydrogen) atoms. The second-order valence-electron chi connectivity index (χ2n) is 2.74. The van der Waals surface area contributed by atoms with Crippen LogP contribution in [0.15, 0.2) is 33.8 Å². The van der Waals surface area contributed by atoms with Crippen LogP contribution in [-0.2, 0) is 4.79 Å². The van der Waals surface area contributed by atoms with Crippen LogP contribution < -0.4 is 10.7 Å². The molecule has 0 saturated heterocycles. The highest BCUT2D eigenvalue weighted by molar-refractivity contribution is 9.10. The monoisotopic (exact) mass is 280 g/mol. The molecule has 0 bridgehead atoms. The molecule has 1 rings (SSSR count). The number of hydrazone groups is 1. The zero-order valence-electron chi connectivity index (χ0n) is 8.49. The molecule has 0 spiro atoms. The van der Waals surface area contributed by atoms with Crippen molar-refractivity contribution in [3.8, 4) is 6.07 Å². The van der Waals surface area contributed by atoms with Crippen molar-refractivity contribution in [2.45, 2.75) is 0 Å². The van der Waals surface area contributed by atoms with Gasteiger partial charge >= 0.3 is 0 Å². The van der Waals surface area contributed by atoms with E-state index in [9.17, 15) is 4.79 Å². The average Bonchev–Trinajstić information content (AvgIpc) is 2.31. The van der Waals surface area contributed by atoms with E-state index in [2.05, 4.69) is 31.8 Å². The first-order valence-electron chi connectivity index (χ1n) is 4.39. The minimum Gasteiger partial charge on any atom is -0.353 e. The number of amides is 1. The molecule has 6 heteroatoms. The Balaban J connectivity index is 2.84. The maximum absolute atomic E-state index is 11.1. The quantitative estimate of drug-likeness (QED) is 0.651. The maximum Gasteiger partial charge on any atom is 0.282 e. The molecule has 5 nitrogen and oxygen atoms in total. The standard InChI is InChI=1S/C10H9BrN4O/c1-13-10(16)9(6-12)15-14-8-5-3-2-4-7(8)11/h2-5,14H,1H3,(H,13,16). The summed E-state index contributed by atoms with van der Waals surface area (Å²) in [5.41, 5.74) is 3.09. The summed E-state index contributed by atoms with van der Waals surface area (Å²) in [6, 6.07) is 8.96. The molecular weight excluding hydrogens is 272 g/mol. The van der Waals surface area contributed by atoms with Gasteiger partial charge < -0.3 is 5.32 Å². The van der Waals surface area contributed by atoms with Gasteiger partial charge in [-0.25, -0.2) is 0 Å². The van der Waals surface area contributed by atoms with Crippen molar-refractivity contribution in [1.82, 2.24) is 5.32 Å². The first kappa shape index (κ1) is 12.2.